The number of halogens is 3. The Morgan fingerprint density at radius 2 is 1.96 bits per heavy atom. The van der Waals surface area contributed by atoms with Crippen LogP contribution in [0.5, 0.6) is 0 Å². The Bertz CT molecular complexity index is 759. The highest BCUT2D eigenvalue weighted by atomic mass is 19.4. The largest absolute Gasteiger partial charge is 0.416 e. The molecule has 0 unspecified atom stereocenters. The SMILES string of the molecule is CCNC(=O)CNC(=O)Cn1nnc(-c2cccc(C(F)(F)F)c2)n1. The summed E-state index contributed by atoms with van der Waals surface area (Å²) >= 11 is 0. The summed E-state index contributed by atoms with van der Waals surface area (Å²) in [5.41, 5.74) is -0.704. The van der Waals surface area contributed by atoms with Crippen molar-refractivity contribution in [2.75, 3.05) is 13.1 Å². The van der Waals surface area contributed by atoms with E-state index in [9.17, 15) is 22.8 Å². The molecule has 134 valence electrons. The predicted octanol–water partition coefficient (Wildman–Crippen LogP) is 0.611. The average Bonchev–Trinajstić information content (AvgIpc) is 3.01. The van der Waals surface area contributed by atoms with Crippen molar-refractivity contribution in [3.63, 3.8) is 0 Å². The van der Waals surface area contributed by atoms with E-state index in [2.05, 4.69) is 26.0 Å². The molecule has 0 saturated heterocycles. The van der Waals surface area contributed by atoms with Crippen LogP contribution in [0, 0.1) is 0 Å². The van der Waals surface area contributed by atoms with Crippen molar-refractivity contribution in [1.29, 1.82) is 0 Å². The summed E-state index contributed by atoms with van der Waals surface area (Å²) in [5, 5.41) is 16.0. The molecule has 0 saturated carbocycles. The second-order valence-corrected chi connectivity index (χ2v) is 4.95. The lowest BCUT2D eigenvalue weighted by Gasteiger charge is -2.06. The summed E-state index contributed by atoms with van der Waals surface area (Å²) in [7, 11) is 0. The summed E-state index contributed by atoms with van der Waals surface area (Å²) in [4.78, 5) is 23.9. The lowest BCUT2D eigenvalue weighted by molar-refractivity contribution is -0.137. The molecule has 1 aromatic heterocycles. The molecule has 25 heavy (non-hydrogen) atoms. The lowest BCUT2D eigenvalue weighted by atomic mass is 10.1. The van der Waals surface area contributed by atoms with E-state index < -0.39 is 17.6 Å². The molecular formula is C14H15F3N6O2. The number of carbonyl (C=O) groups excluding carboxylic acids is 2. The average molecular weight is 356 g/mol. The number of nitrogens with zero attached hydrogens (tertiary/aromatic N) is 4. The molecule has 0 atom stereocenters. The number of rotatable bonds is 6. The molecule has 0 aliphatic heterocycles. The van der Waals surface area contributed by atoms with Gasteiger partial charge >= 0.3 is 6.18 Å². The molecule has 0 spiro atoms. The number of benzene rings is 1. The van der Waals surface area contributed by atoms with Crippen molar-refractivity contribution >= 4 is 11.8 Å². The van der Waals surface area contributed by atoms with Gasteiger partial charge in [-0.2, -0.15) is 18.0 Å². The number of nitrogens with one attached hydrogen (secondary N) is 2. The van der Waals surface area contributed by atoms with Gasteiger partial charge in [0.15, 0.2) is 0 Å². The van der Waals surface area contributed by atoms with E-state index in [0.717, 1.165) is 16.9 Å². The second-order valence-electron chi connectivity index (χ2n) is 4.95. The number of amides is 2. The Labute approximate surface area is 140 Å². The maximum absolute atomic E-state index is 12.7. The molecule has 1 heterocycles. The van der Waals surface area contributed by atoms with Crippen LogP contribution < -0.4 is 10.6 Å². The maximum Gasteiger partial charge on any atom is 0.416 e. The minimum atomic E-state index is -4.48. The van der Waals surface area contributed by atoms with Crippen molar-refractivity contribution in [2.45, 2.75) is 19.6 Å². The summed E-state index contributed by atoms with van der Waals surface area (Å²) in [6.07, 6.45) is -4.48. The van der Waals surface area contributed by atoms with E-state index in [0.29, 0.717) is 6.54 Å². The van der Waals surface area contributed by atoms with Gasteiger partial charge in [0.1, 0.15) is 6.54 Å². The standard InChI is InChI=1S/C14H15F3N6O2/c1-2-18-11(24)7-19-12(25)8-23-21-13(20-22-23)9-4-3-5-10(6-9)14(15,16)17/h3-6H,2,7-8H2,1H3,(H,18,24)(H,19,25). The van der Waals surface area contributed by atoms with E-state index in [-0.39, 0.29) is 30.4 Å². The van der Waals surface area contributed by atoms with Crippen molar-refractivity contribution in [3.05, 3.63) is 29.8 Å². The third kappa shape index (κ3) is 5.26. The minimum Gasteiger partial charge on any atom is -0.355 e. The van der Waals surface area contributed by atoms with Crippen LogP contribution in [0.4, 0.5) is 13.2 Å². The third-order valence-electron chi connectivity index (χ3n) is 3.01. The zero-order chi connectivity index (χ0) is 18.4. The first-order valence-corrected chi connectivity index (χ1v) is 7.28. The lowest BCUT2D eigenvalue weighted by Crippen LogP contribution is -2.38. The van der Waals surface area contributed by atoms with Gasteiger partial charge in [-0.25, -0.2) is 0 Å². The summed E-state index contributed by atoms with van der Waals surface area (Å²) < 4.78 is 38.2. The molecule has 0 fully saturated rings. The van der Waals surface area contributed by atoms with E-state index >= 15 is 0 Å². The van der Waals surface area contributed by atoms with Gasteiger partial charge in [-0.1, -0.05) is 12.1 Å². The van der Waals surface area contributed by atoms with Gasteiger partial charge in [-0.3, -0.25) is 9.59 Å². The van der Waals surface area contributed by atoms with Gasteiger partial charge in [0.2, 0.25) is 17.6 Å². The smallest absolute Gasteiger partial charge is 0.355 e. The van der Waals surface area contributed by atoms with Crippen LogP contribution in [0.15, 0.2) is 24.3 Å². The van der Waals surface area contributed by atoms with Gasteiger partial charge in [0.05, 0.1) is 12.1 Å². The fourth-order valence-electron chi connectivity index (χ4n) is 1.88. The number of hydrogen-bond acceptors (Lipinski definition) is 5. The quantitative estimate of drug-likeness (QED) is 0.790. The summed E-state index contributed by atoms with van der Waals surface area (Å²) in [6.45, 7) is 1.68. The number of likely N-dealkylation sites (N-methyl/N-ethyl adjacent to an activating group) is 1. The molecule has 2 amide bonds. The molecule has 2 aromatic rings. The van der Waals surface area contributed by atoms with Crippen molar-refractivity contribution in [2.24, 2.45) is 0 Å². The molecule has 0 aliphatic carbocycles. The zero-order valence-corrected chi connectivity index (χ0v) is 13.2. The summed E-state index contributed by atoms with van der Waals surface area (Å²) in [6, 6.07) is 4.48. The number of alkyl halides is 3. The van der Waals surface area contributed by atoms with Crippen LogP contribution in [0.25, 0.3) is 11.4 Å². The fraction of sp³-hybridized carbons (Fsp3) is 0.357. The van der Waals surface area contributed by atoms with Gasteiger partial charge < -0.3 is 10.6 Å². The predicted molar refractivity (Wildman–Crippen MR) is 79.9 cm³/mol. The minimum absolute atomic E-state index is 0.0392. The molecule has 0 radical (unpaired) electrons. The Morgan fingerprint density at radius 3 is 2.64 bits per heavy atom. The van der Waals surface area contributed by atoms with E-state index in [1.807, 2.05) is 0 Å². The molecule has 2 N–H and O–H groups in total. The van der Waals surface area contributed by atoms with Gasteiger partial charge in [-0.15, -0.1) is 10.2 Å². The molecule has 11 heteroatoms. The van der Waals surface area contributed by atoms with Gasteiger partial charge in [-0.05, 0) is 24.3 Å². The summed E-state index contributed by atoms with van der Waals surface area (Å²) in [5.74, 6) is -0.908. The zero-order valence-electron chi connectivity index (χ0n) is 13.2. The maximum atomic E-state index is 12.7. The van der Waals surface area contributed by atoms with Gasteiger partial charge in [0.25, 0.3) is 0 Å². The highest BCUT2D eigenvalue weighted by molar-refractivity contribution is 5.84. The van der Waals surface area contributed by atoms with Crippen molar-refractivity contribution < 1.29 is 22.8 Å². The number of tetrazole rings is 1. The first-order valence-electron chi connectivity index (χ1n) is 7.28. The van der Waals surface area contributed by atoms with Crippen molar-refractivity contribution in [1.82, 2.24) is 30.8 Å². The van der Waals surface area contributed by atoms with E-state index in [4.69, 9.17) is 0 Å². The van der Waals surface area contributed by atoms with Crippen LogP contribution in [-0.2, 0) is 22.3 Å². The topological polar surface area (TPSA) is 102 Å². The van der Waals surface area contributed by atoms with Gasteiger partial charge in [0, 0.05) is 12.1 Å². The molecule has 2 rings (SSSR count). The molecule has 1 aromatic carbocycles. The van der Waals surface area contributed by atoms with Crippen LogP contribution in [0.3, 0.4) is 0 Å². The highest BCUT2D eigenvalue weighted by Gasteiger charge is 2.30. The monoisotopic (exact) mass is 356 g/mol. The first-order chi connectivity index (χ1) is 11.8. The Hall–Kier alpha value is -2.98. The van der Waals surface area contributed by atoms with Crippen LogP contribution in [0.2, 0.25) is 0 Å². The van der Waals surface area contributed by atoms with E-state index in [1.54, 1.807) is 6.92 Å². The Morgan fingerprint density at radius 1 is 1.20 bits per heavy atom. The second kappa shape index (κ2) is 7.73. The Kier molecular flexibility index (Phi) is 5.67. The fourth-order valence-corrected chi connectivity index (χ4v) is 1.88. The van der Waals surface area contributed by atoms with Crippen molar-refractivity contribution in [3.8, 4) is 11.4 Å². The third-order valence-corrected chi connectivity index (χ3v) is 3.01. The molecule has 8 nitrogen and oxygen atoms in total. The number of aromatic nitrogens is 4. The highest BCUT2D eigenvalue weighted by Crippen LogP contribution is 2.31. The van der Waals surface area contributed by atoms with E-state index in [1.165, 1.54) is 12.1 Å². The molecule has 0 aliphatic rings. The Balaban J connectivity index is 2.01. The molecule has 0 bridgehead atoms. The number of hydrogen-bond donors (Lipinski definition) is 2. The molecular weight excluding hydrogens is 341 g/mol. The first kappa shape index (κ1) is 18.4. The van der Waals surface area contributed by atoms with Crippen LogP contribution in [-0.4, -0.2) is 45.1 Å². The normalized spacial score (nSPS) is 11.2. The van der Waals surface area contributed by atoms with Crippen LogP contribution in [0.1, 0.15) is 12.5 Å². The van der Waals surface area contributed by atoms with Crippen LogP contribution >= 0.6 is 0 Å². The number of carbonyl (C=O) groups is 2.